The molecule has 1 aliphatic heterocycles. The van der Waals surface area contributed by atoms with E-state index in [9.17, 15) is 4.79 Å². The van der Waals surface area contributed by atoms with Crippen LogP contribution in [0.4, 0.5) is 16.2 Å². The van der Waals surface area contributed by atoms with Gasteiger partial charge in [0.1, 0.15) is 11.2 Å². The molecule has 8 nitrogen and oxygen atoms in total. The van der Waals surface area contributed by atoms with Gasteiger partial charge >= 0.3 is 6.09 Å². The Morgan fingerprint density at radius 1 is 1.12 bits per heavy atom. The fraction of sp³-hybridized carbons (Fsp3) is 0.269. The molecule has 1 aromatic carbocycles. The van der Waals surface area contributed by atoms with Crippen molar-refractivity contribution in [3.63, 3.8) is 0 Å². The van der Waals surface area contributed by atoms with Crippen molar-refractivity contribution >= 4 is 34.1 Å². The normalized spacial score (nSPS) is 14.2. The number of anilines is 2. The molecule has 0 saturated heterocycles. The third-order valence-corrected chi connectivity index (χ3v) is 5.69. The van der Waals surface area contributed by atoms with Crippen LogP contribution in [0.15, 0.2) is 60.9 Å². The number of rotatable bonds is 4. The third kappa shape index (κ3) is 4.66. The molecule has 174 valence electrons. The van der Waals surface area contributed by atoms with Gasteiger partial charge in [0.05, 0.1) is 11.4 Å². The molecule has 3 aromatic heterocycles. The van der Waals surface area contributed by atoms with Gasteiger partial charge in [-0.1, -0.05) is 18.2 Å². The van der Waals surface area contributed by atoms with Crippen LogP contribution in [-0.4, -0.2) is 49.8 Å². The number of aromatic nitrogens is 4. The third-order valence-electron chi connectivity index (χ3n) is 5.69. The van der Waals surface area contributed by atoms with Gasteiger partial charge in [-0.05, 0) is 63.1 Å². The van der Waals surface area contributed by atoms with Gasteiger partial charge in [0.25, 0.3) is 0 Å². The molecule has 1 amide bonds. The zero-order valence-corrected chi connectivity index (χ0v) is 19.6. The largest absolute Gasteiger partial charge is 0.444 e. The van der Waals surface area contributed by atoms with Gasteiger partial charge < -0.3 is 19.9 Å². The molecule has 8 heteroatoms. The molecule has 0 unspecified atom stereocenters. The fourth-order valence-electron chi connectivity index (χ4n) is 4.05. The first-order valence-corrected chi connectivity index (χ1v) is 11.4. The van der Waals surface area contributed by atoms with E-state index in [1.165, 1.54) is 5.57 Å². The van der Waals surface area contributed by atoms with Crippen LogP contribution in [0, 0.1) is 0 Å². The zero-order valence-electron chi connectivity index (χ0n) is 19.6. The van der Waals surface area contributed by atoms with Crippen molar-refractivity contribution in [3.8, 4) is 11.3 Å². The Labute approximate surface area is 198 Å². The zero-order chi connectivity index (χ0) is 23.7. The maximum atomic E-state index is 12.4. The summed E-state index contributed by atoms with van der Waals surface area (Å²) in [7, 11) is 0. The lowest BCUT2D eigenvalue weighted by Crippen LogP contribution is -2.39. The van der Waals surface area contributed by atoms with E-state index in [4.69, 9.17) is 4.74 Å². The fourth-order valence-corrected chi connectivity index (χ4v) is 4.05. The molecule has 0 saturated carbocycles. The Hall–Kier alpha value is -4.07. The average Bonchev–Trinajstić information content (AvgIpc) is 3.49. The van der Waals surface area contributed by atoms with Gasteiger partial charge in [0.2, 0.25) is 0 Å². The standard InChI is InChI=1S/C26H28N6O2/c1-26(2,3)34-25(33)32-13-9-17(10-14-32)23-16-20-22(7-11-27-24(20)30-23)29-19-6-4-5-18(15-19)21-8-12-28-31-21/h4-9,11-12,15-16H,10,13-14H2,1-3H3,(H,28,31)(H2,27,29,30). The first-order chi connectivity index (χ1) is 16.4. The van der Waals surface area contributed by atoms with E-state index in [0.29, 0.717) is 13.1 Å². The molecule has 4 aromatic rings. The predicted octanol–water partition coefficient (Wildman–Crippen LogP) is 5.72. The summed E-state index contributed by atoms with van der Waals surface area (Å²) >= 11 is 0. The van der Waals surface area contributed by atoms with Crippen molar-refractivity contribution < 1.29 is 9.53 Å². The van der Waals surface area contributed by atoms with Crippen LogP contribution < -0.4 is 5.32 Å². The van der Waals surface area contributed by atoms with Gasteiger partial charge in [-0.25, -0.2) is 9.78 Å². The number of nitrogens with zero attached hydrogens (tertiary/aromatic N) is 3. The quantitative estimate of drug-likeness (QED) is 0.365. The highest BCUT2D eigenvalue weighted by molar-refractivity contribution is 5.94. The molecule has 0 bridgehead atoms. The minimum Gasteiger partial charge on any atom is -0.444 e. The predicted molar refractivity (Wildman–Crippen MR) is 134 cm³/mol. The van der Waals surface area contributed by atoms with E-state index in [1.807, 2.05) is 51.1 Å². The summed E-state index contributed by atoms with van der Waals surface area (Å²) in [5, 5.41) is 11.6. The van der Waals surface area contributed by atoms with Crippen molar-refractivity contribution in [2.75, 3.05) is 18.4 Å². The summed E-state index contributed by atoms with van der Waals surface area (Å²) in [6.45, 7) is 6.79. The van der Waals surface area contributed by atoms with Crippen LogP contribution in [0.5, 0.6) is 0 Å². The SMILES string of the molecule is CC(C)(C)OC(=O)N1CC=C(c2cc3c(Nc4cccc(-c5ccn[nH]5)c4)ccnc3[nH]2)CC1. The van der Waals surface area contributed by atoms with Crippen LogP contribution in [0.3, 0.4) is 0 Å². The van der Waals surface area contributed by atoms with Crippen LogP contribution in [0.25, 0.3) is 27.9 Å². The van der Waals surface area contributed by atoms with E-state index in [0.717, 1.165) is 45.8 Å². The van der Waals surface area contributed by atoms with Gasteiger partial charge in [0, 0.05) is 47.8 Å². The minimum absolute atomic E-state index is 0.273. The maximum Gasteiger partial charge on any atom is 0.410 e. The van der Waals surface area contributed by atoms with Crippen LogP contribution in [0.2, 0.25) is 0 Å². The Kier molecular flexibility index (Phi) is 5.57. The average molecular weight is 457 g/mol. The Bertz CT molecular complexity index is 1350. The highest BCUT2D eigenvalue weighted by Crippen LogP contribution is 2.31. The number of carbonyl (C=O) groups is 1. The van der Waals surface area contributed by atoms with Crippen molar-refractivity contribution in [3.05, 3.63) is 66.6 Å². The summed E-state index contributed by atoms with van der Waals surface area (Å²) < 4.78 is 5.50. The van der Waals surface area contributed by atoms with Crippen molar-refractivity contribution in [1.82, 2.24) is 25.1 Å². The highest BCUT2D eigenvalue weighted by atomic mass is 16.6. The van der Waals surface area contributed by atoms with Crippen LogP contribution in [-0.2, 0) is 4.74 Å². The number of hydrogen-bond acceptors (Lipinski definition) is 5. The van der Waals surface area contributed by atoms with Gasteiger partial charge in [-0.15, -0.1) is 0 Å². The number of H-pyrrole nitrogens is 2. The van der Waals surface area contributed by atoms with Crippen molar-refractivity contribution in [2.45, 2.75) is 32.8 Å². The number of aromatic amines is 2. The number of carbonyl (C=O) groups excluding carboxylic acids is 1. The topological polar surface area (TPSA) is 98.9 Å². The highest BCUT2D eigenvalue weighted by Gasteiger charge is 2.24. The van der Waals surface area contributed by atoms with E-state index in [2.05, 4.69) is 43.7 Å². The van der Waals surface area contributed by atoms with Crippen molar-refractivity contribution in [2.24, 2.45) is 0 Å². The maximum absolute atomic E-state index is 12.4. The molecule has 0 fully saturated rings. The number of fused-ring (bicyclic) bond motifs is 1. The van der Waals surface area contributed by atoms with Gasteiger partial charge in [-0.3, -0.25) is 5.10 Å². The smallest absolute Gasteiger partial charge is 0.410 e. The molecular weight excluding hydrogens is 428 g/mol. The second-order valence-corrected chi connectivity index (χ2v) is 9.39. The number of pyridine rings is 1. The molecule has 0 spiro atoms. The molecular formula is C26H28N6O2. The van der Waals surface area contributed by atoms with Crippen molar-refractivity contribution in [1.29, 1.82) is 0 Å². The van der Waals surface area contributed by atoms with Crippen LogP contribution >= 0.6 is 0 Å². The molecule has 4 heterocycles. The summed E-state index contributed by atoms with van der Waals surface area (Å²) in [6.07, 6.45) is 6.10. The lowest BCUT2D eigenvalue weighted by Gasteiger charge is -2.29. The van der Waals surface area contributed by atoms with E-state index >= 15 is 0 Å². The van der Waals surface area contributed by atoms with E-state index in [1.54, 1.807) is 17.3 Å². The molecule has 34 heavy (non-hydrogen) atoms. The summed E-state index contributed by atoms with van der Waals surface area (Å²) in [5.41, 5.74) is 6.50. The Balaban J connectivity index is 1.36. The molecule has 0 aliphatic carbocycles. The molecule has 0 radical (unpaired) electrons. The number of amides is 1. The number of benzene rings is 1. The summed E-state index contributed by atoms with van der Waals surface area (Å²) in [5.74, 6) is 0. The van der Waals surface area contributed by atoms with Gasteiger partial charge in [-0.2, -0.15) is 5.10 Å². The number of hydrogen-bond donors (Lipinski definition) is 3. The number of nitrogens with one attached hydrogen (secondary N) is 3. The second kappa shape index (κ2) is 8.70. The molecule has 1 aliphatic rings. The monoisotopic (exact) mass is 456 g/mol. The second-order valence-electron chi connectivity index (χ2n) is 9.39. The number of ether oxygens (including phenoxy) is 1. The molecule has 3 N–H and O–H groups in total. The lowest BCUT2D eigenvalue weighted by molar-refractivity contribution is 0.0270. The van der Waals surface area contributed by atoms with E-state index in [-0.39, 0.29) is 6.09 Å². The Morgan fingerprint density at radius 2 is 2.00 bits per heavy atom. The summed E-state index contributed by atoms with van der Waals surface area (Å²) in [4.78, 5) is 22.0. The van der Waals surface area contributed by atoms with Crippen LogP contribution in [0.1, 0.15) is 32.9 Å². The van der Waals surface area contributed by atoms with E-state index < -0.39 is 5.60 Å². The lowest BCUT2D eigenvalue weighted by atomic mass is 10.0. The minimum atomic E-state index is -0.495. The first-order valence-electron chi connectivity index (χ1n) is 11.4. The molecule has 5 rings (SSSR count). The first kappa shape index (κ1) is 21.8. The van der Waals surface area contributed by atoms with Gasteiger partial charge in [0.15, 0.2) is 0 Å². The summed E-state index contributed by atoms with van der Waals surface area (Å²) in [6, 6.07) is 14.2. The molecule has 0 atom stereocenters. The Morgan fingerprint density at radius 3 is 2.74 bits per heavy atom.